The zero-order chi connectivity index (χ0) is 11.8. The quantitative estimate of drug-likeness (QED) is 0.536. The van der Waals surface area contributed by atoms with Crippen LogP contribution in [-0.4, -0.2) is 19.5 Å². The molecule has 0 unspecified atom stereocenters. The summed E-state index contributed by atoms with van der Waals surface area (Å²) in [6.07, 6.45) is 3.58. The number of carbonyl (C=O) groups is 1. The highest BCUT2D eigenvalue weighted by molar-refractivity contribution is 6.30. The van der Waals surface area contributed by atoms with Crippen LogP contribution in [0.1, 0.15) is 36.0 Å². The normalized spacial score (nSPS) is 10.4. The maximum absolute atomic E-state index is 11.7. The van der Waals surface area contributed by atoms with Gasteiger partial charge in [-0.25, -0.2) is 0 Å². The molecule has 2 nitrogen and oxygen atoms in total. The number of ketones is 1. The zero-order valence-electron chi connectivity index (χ0n) is 9.54. The number of unbranched alkanes of at least 4 members (excludes halogenated alkanes) is 2. The molecule has 0 saturated heterocycles. The van der Waals surface area contributed by atoms with Gasteiger partial charge in [0.1, 0.15) is 0 Å². The maximum Gasteiger partial charge on any atom is 0.162 e. The van der Waals surface area contributed by atoms with E-state index in [0.29, 0.717) is 11.4 Å². The number of methoxy groups -OCH3 is 1. The van der Waals surface area contributed by atoms with Gasteiger partial charge in [-0.2, -0.15) is 0 Å². The Morgan fingerprint density at radius 3 is 2.50 bits per heavy atom. The van der Waals surface area contributed by atoms with Crippen LogP contribution in [0.3, 0.4) is 0 Å². The number of halogens is 1. The molecule has 0 N–H and O–H groups in total. The van der Waals surface area contributed by atoms with Crippen molar-refractivity contribution in [3.8, 4) is 0 Å². The molecule has 0 aliphatic carbocycles. The van der Waals surface area contributed by atoms with Gasteiger partial charge >= 0.3 is 0 Å². The maximum atomic E-state index is 11.7. The van der Waals surface area contributed by atoms with E-state index in [0.717, 1.165) is 31.4 Å². The van der Waals surface area contributed by atoms with Crippen LogP contribution in [0.4, 0.5) is 0 Å². The largest absolute Gasteiger partial charge is 0.385 e. The monoisotopic (exact) mass is 240 g/mol. The summed E-state index contributed by atoms with van der Waals surface area (Å²) in [6.45, 7) is 0.773. The molecule has 0 heterocycles. The molecule has 1 aromatic rings. The molecule has 1 aromatic carbocycles. The van der Waals surface area contributed by atoms with Gasteiger partial charge in [0.25, 0.3) is 0 Å². The number of rotatable bonds is 7. The summed E-state index contributed by atoms with van der Waals surface area (Å²) in [6, 6.07) is 7.05. The molecule has 3 heteroatoms. The van der Waals surface area contributed by atoms with Crippen LogP contribution in [-0.2, 0) is 4.74 Å². The summed E-state index contributed by atoms with van der Waals surface area (Å²) >= 11 is 5.75. The molecule has 0 saturated carbocycles. The van der Waals surface area contributed by atoms with Gasteiger partial charge in [0, 0.05) is 30.7 Å². The topological polar surface area (TPSA) is 26.3 Å². The molecule has 1 rings (SSSR count). The average Bonchev–Trinajstić information content (AvgIpc) is 2.29. The minimum absolute atomic E-state index is 0.189. The van der Waals surface area contributed by atoms with Crippen molar-refractivity contribution in [2.24, 2.45) is 0 Å². The van der Waals surface area contributed by atoms with E-state index in [1.54, 1.807) is 31.4 Å². The minimum atomic E-state index is 0.189. The van der Waals surface area contributed by atoms with Crippen molar-refractivity contribution in [3.05, 3.63) is 34.9 Å². The summed E-state index contributed by atoms with van der Waals surface area (Å²) in [5, 5.41) is 0.664. The first-order valence-corrected chi connectivity index (χ1v) is 5.89. The minimum Gasteiger partial charge on any atom is -0.385 e. The van der Waals surface area contributed by atoms with Crippen molar-refractivity contribution >= 4 is 17.4 Å². The lowest BCUT2D eigenvalue weighted by atomic mass is 10.1. The zero-order valence-corrected chi connectivity index (χ0v) is 10.3. The second-order valence-electron chi connectivity index (χ2n) is 3.73. The third-order valence-electron chi connectivity index (χ3n) is 2.42. The van der Waals surface area contributed by atoms with Crippen molar-refractivity contribution in [1.82, 2.24) is 0 Å². The number of Topliss-reactive ketones (excluding diaryl/α,β-unsaturated/α-hetero) is 1. The van der Waals surface area contributed by atoms with E-state index in [-0.39, 0.29) is 5.78 Å². The fraction of sp³-hybridized carbons (Fsp3) is 0.462. The van der Waals surface area contributed by atoms with Crippen LogP contribution in [0.2, 0.25) is 5.02 Å². The second kappa shape index (κ2) is 7.42. The lowest BCUT2D eigenvalue weighted by molar-refractivity contribution is 0.0977. The molecule has 16 heavy (non-hydrogen) atoms. The Morgan fingerprint density at radius 1 is 1.19 bits per heavy atom. The standard InChI is InChI=1S/C13H17ClO2/c1-16-10-4-2-3-5-13(15)11-6-8-12(14)9-7-11/h6-9H,2-5,10H2,1H3. The molecule has 0 fully saturated rings. The summed E-state index contributed by atoms with van der Waals surface area (Å²) in [7, 11) is 1.69. The van der Waals surface area contributed by atoms with Gasteiger partial charge < -0.3 is 4.74 Å². The Kier molecular flexibility index (Phi) is 6.12. The number of carbonyl (C=O) groups excluding carboxylic acids is 1. The number of benzene rings is 1. The molecule has 0 atom stereocenters. The molecular weight excluding hydrogens is 224 g/mol. The Balaban J connectivity index is 2.27. The molecule has 0 radical (unpaired) electrons. The van der Waals surface area contributed by atoms with Crippen molar-refractivity contribution < 1.29 is 9.53 Å². The highest BCUT2D eigenvalue weighted by Gasteiger charge is 2.04. The van der Waals surface area contributed by atoms with Crippen molar-refractivity contribution in [1.29, 1.82) is 0 Å². The first-order chi connectivity index (χ1) is 7.74. The number of hydrogen-bond acceptors (Lipinski definition) is 2. The third-order valence-corrected chi connectivity index (χ3v) is 2.67. The Morgan fingerprint density at radius 2 is 1.88 bits per heavy atom. The smallest absolute Gasteiger partial charge is 0.162 e. The van der Waals surface area contributed by atoms with Crippen molar-refractivity contribution in [2.75, 3.05) is 13.7 Å². The van der Waals surface area contributed by atoms with Gasteiger partial charge in [0.05, 0.1) is 0 Å². The van der Waals surface area contributed by atoms with E-state index in [4.69, 9.17) is 16.3 Å². The predicted molar refractivity (Wildman–Crippen MR) is 66.1 cm³/mol. The molecule has 0 aliphatic heterocycles. The Bertz CT molecular complexity index is 319. The molecule has 0 amide bonds. The summed E-state index contributed by atoms with van der Waals surface area (Å²) in [5.74, 6) is 0.189. The van der Waals surface area contributed by atoms with Crippen LogP contribution >= 0.6 is 11.6 Å². The molecule has 0 aliphatic rings. The van der Waals surface area contributed by atoms with Crippen LogP contribution in [0.25, 0.3) is 0 Å². The van der Waals surface area contributed by atoms with E-state index in [2.05, 4.69) is 0 Å². The van der Waals surface area contributed by atoms with Gasteiger partial charge in [0.15, 0.2) is 5.78 Å². The lowest BCUT2D eigenvalue weighted by Crippen LogP contribution is -1.99. The van der Waals surface area contributed by atoms with Gasteiger partial charge in [0.2, 0.25) is 0 Å². The van der Waals surface area contributed by atoms with Gasteiger partial charge in [-0.05, 0) is 37.1 Å². The van der Waals surface area contributed by atoms with Crippen LogP contribution in [0, 0.1) is 0 Å². The predicted octanol–water partition coefficient (Wildman–Crippen LogP) is 3.73. The van der Waals surface area contributed by atoms with Crippen LogP contribution in [0.15, 0.2) is 24.3 Å². The van der Waals surface area contributed by atoms with Crippen LogP contribution in [0.5, 0.6) is 0 Å². The van der Waals surface area contributed by atoms with E-state index >= 15 is 0 Å². The highest BCUT2D eigenvalue weighted by Crippen LogP contribution is 2.12. The number of ether oxygens (including phenoxy) is 1. The lowest BCUT2D eigenvalue weighted by Gasteiger charge is -2.01. The van der Waals surface area contributed by atoms with Crippen molar-refractivity contribution in [2.45, 2.75) is 25.7 Å². The van der Waals surface area contributed by atoms with E-state index in [1.165, 1.54) is 0 Å². The Labute approximate surface area is 102 Å². The highest BCUT2D eigenvalue weighted by atomic mass is 35.5. The van der Waals surface area contributed by atoms with E-state index in [1.807, 2.05) is 0 Å². The molecule has 0 aromatic heterocycles. The van der Waals surface area contributed by atoms with E-state index in [9.17, 15) is 4.79 Å². The van der Waals surface area contributed by atoms with Gasteiger partial charge in [-0.1, -0.05) is 18.0 Å². The fourth-order valence-electron chi connectivity index (χ4n) is 1.49. The fourth-order valence-corrected chi connectivity index (χ4v) is 1.61. The van der Waals surface area contributed by atoms with Gasteiger partial charge in [-0.3, -0.25) is 4.79 Å². The summed E-state index contributed by atoms with van der Waals surface area (Å²) < 4.78 is 4.95. The SMILES string of the molecule is COCCCCCC(=O)c1ccc(Cl)cc1. The number of hydrogen-bond donors (Lipinski definition) is 0. The molecule has 88 valence electrons. The second-order valence-corrected chi connectivity index (χ2v) is 4.17. The molecular formula is C13H17ClO2. The van der Waals surface area contributed by atoms with Gasteiger partial charge in [-0.15, -0.1) is 0 Å². The third kappa shape index (κ3) is 4.77. The summed E-state index contributed by atoms with van der Waals surface area (Å²) in [5.41, 5.74) is 0.746. The summed E-state index contributed by atoms with van der Waals surface area (Å²) in [4.78, 5) is 11.7. The first kappa shape index (κ1) is 13.2. The Hall–Kier alpha value is -0.860. The van der Waals surface area contributed by atoms with E-state index < -0.39 is 0 Å². The van der Waals surface area contributed by atoms with Crippen LogP contribution < -0.4 is 0 Å². The molecule has 0 bridgehead atoms. The average molecular weight is 241 g/mol. The molecule has 0 spiro atoms. The van der Waals surface area contributed by atoms with Crippen molar-refractivity contribution in [3.63, 3.8) is 0 Å². The first-order valence-electron chi connectivity index (χ1n) is 5.51.